The Kier molecular flexibility index (Phi) is 4.68. The zero-order valence-corrected chi connectivity index (χ0v) is 13.7. The lowest BCUT2D eigenvalue weighted by molar-refractivity contribution is -0.134. The van der Waals surface area contributed by atoms with Gasteiger partial charge in [-0.15, -0.1) is 0 Å². The van der Waals surface area contributed by atoms with Gasteiger partial charge in [0.2, 0.25) is 5.91 Å². The summed E-state index contributed by atoms with van der Waals surface area (Å²) in [7, 11) is 3.39. The Balaban J connectivity index is 1.61. The summed E-state index contributed by atoms with van der Waals surface area (Å²) in [6.45, 7) is 0. The molecule has 0 spiro atoms. The Labute approximate surface area is 136 Å². The molecular formula is C18H24N2O3. The molecule has 1 aliphatic rings. The molecule has 1 saturated carbocycles. The number of benzene rings is 1. The topological polar surface area (TPSA) is 65.6 Å². The summed E-state index contributed by atoms with van der Waals surface area (Å²) in [5.74, 6) is 0.0658. The molecule has 124 valence electrons. The maximum Gasteiger partial charge on any atom is 0.222 e. The first kappa shape index (κ1) is 16.0. The molecule has 1 aliphatic carbocycles. The van der Waals surface area contributed by atoms with Gasteiger partial charge in [0, 0.05) is 37.7 Å². The molecule has 1 heterocycles. The van der Waals surface area contributed by atoms with Gasteiger partial charge in [0.05, 0.1) is 12.1 Å². The second-order valence-corrected chi connectivity index (χ2v) is 6.27. The van der Waals surface area contributed by atoms with E-state index >= 15 is 0 Å². The molecule has 1 fully saturated rings. The van der Waals surface area contributed by atoms with E-state index in [1.165, 1.54) is 5.39 Å². The Morgan fingerprint density at radius 2 is 2.17 bits per heavy atom. The summed E-state index contributed by atoms with van der Waals surface area (Å²) < 4.78 is 5.26. The predicted octanol–water partition coefficient (Wildman–Crippen LogP) is 2.10. The van der Waals surface area contributed by atoms with Crippen molar-refractivity contribution in [1.29, 1.82) is 0 Å². The molecule has 23 heavy (non-hydrogen) atoms. The van der Waals surface area contributed by atoms with E-state index in [9.17, 15) is 9.90 Å². The predicted molar refractivity (Wildman–Crippen MR) is 89.2 cm³/mol. The van der Waals surface area contributed by atoms with E-state index in [-0.39, 0.29) is 18.1 Å². The van der Waals surface area contributed by atoms with Gasteiger partial charge in [-0.3, -0.25) is 4.79 Å². The zero-order chi connectivity index (χ0) is 16.4. The zero-order valence-electron chi connectivity index (χ0n) is 13.7. The summed E-state index contributed by atoms with van der Waals surface area (Å²) in [6.07, 6.45) is 3.94. The number of hydrogen-bond donors (Lipinski definition) is 2. The van der Waals surface area contributed by atoms with Crippen molar-refractivity contribution in [3.8, 4) is 0 Å². The third-order valence-electron chi connectivity index (χ3n) is 5.00. The van der Waals surface area contributed by atoms with Gasteiger partial charge in [-0.1, -0.05) is 18.2 Å². The van der Waals surface area contributed by atoms with Crippen LogP contribution >= 0.6 is 0 Å². The molecule has 1 aromatic heterocycles. The molecule has 1 aromatic carbocycles. The van der Waals surface area contributed by atoms with Crippen molar-refractivity contribution in [2.75, 3.05) is 14.2 Å². The number of methoxy groups -OCH3 is 1. The van der Waals surface area contributed by atoms with Crippen LogP contribution in [0.5, 0.6) is 0 Å². The number of fused-ring (bicyclic) bond motifs is 1. The van der Waals surface area contributed by atoms with Crippen LogP contribution < -0.4 is 0 Å². The van der Waals surface area contributed by atoms with Crippen LogP contribution in [0.4, 0.5) is 0 Å². The van der Waals surface area contributed by atoms with Gasteiger partial charge >= 0.3 is 0 Å². The van der Waals surface area contributed by atoms with Gasteiger partial charge in [0.15, 0.2) is 0 Å². The highest BCUT2D eigenvalue weighted by Crippen LogP contribution is 2.27. The maximum absolute atomic E-state index is 12.5. The van der Waals surface area contributed by atoms with Crippen molar-refractivity contribution in [2.24, 2.45) is 0 Å². The van der Waals surface area contributed by atoms with Crippen molar-refractivity contribution >= 4 is 16.8 Å². The van der Waals surface area contributed by atoms with Crippen LogP contribution in [-0.4, -0.2) is 53.3 Å². The maximum atomic E-state index is 12.5. The number of aromatic nitrogens is 1. The van der Waals surface area contributed by atoms with Gasteiger partial charge in [0.25, 0.3) is 0 Å². The summed E-state index contributed by atoms with van der Waals surface area (Å²) >= 11 is 0. The van der Waals surface area contributed by atoms with E-state index in [1.54, 1.807) is 19.1 Å². The number of aromatic amines is 1. The first-order chi connectivity index (χ1) is 11.1. The van der Waals surface area contributed by atoms with Crippen LogP contribution in [0.15, 0.2) is 30.5 Å². The molecule has 5 nitrogen and oxygen atoms in total. The van der Waals surface area contributed by atoms with Crippen molar-refractivity contribution in [3.05, 3.63) is 36.0 Å². The Hall–Kier alpha value is -1.85. The van der Waals surface area contributed by atoms with E-state index < -0.39 is 6.10 Å². The fourth-order valence-electron chi connectivity index (χ4n) is 3.55. The average Bonchev–Trinajstić information content (AvgIpc) is 3.15. The minimum Gasteiger partial charge on any atom is -0.388 e. The number of carbonyl (C=O) groups excluding carboxylic acids is 1. The van der Waals surface area contributed by atoms with E-state index in [2.05, 4.69) is 11.1 Å². The quantitative estimate of drug-likeness (QED) is 0.888. The summed E-state index contributed by atoms with van der Waals surface area (Å²) in [4.78, 5) is 17.4. The minimum atomic E-state index is -0.595. The normalized spacial score (nSPS) is 24.2. The molecule has 0 saturated heterocycles. The number of carbonyl (C=O) groups is 1. The number of amides is 1. The van der Waals surface area contributed by atoms with Crippen LogP contribution in [0, 0.1) is 0 Å². The number of nitrogens with one attached hydrogen (secondary N) is 1. The monoisotopic (exact) mass is 316 g/mol. The van der Waals surface area contributed by atoms with Gasteiger partial charge in [0.1, 0.15) is 6.10 Å². The van der Waals surface area contributed by atoms with Crippen LogP contribution in [0.2, 0.25) is 0 Å². The van der Waals surface area contributed by atoms with Gasteiger partial charge in [-0.25, -0.2) is 0 Å². The second kappa shape index (κ2) is 6.72. The van der Waals surface area contributed by atoms with E-state index in [1.807, 2.05) is 24.4 Å². The van der Waals surface area contributed by atoms with Crippen molar-refractivity contribution in [3.63, 3.8) is 0 Å². The van der Waals surface area contributed by atoms with Crippen LogP contribution in [0.1, 0.15) is 24.8 Å². The molecule has 3 rings (SSSR count). The number of ether oxygens (including phenoxy) is 1. The van der Waals surface area contributed by atoms with Crippen molar-refractivity contribution in [1.82, 2.24) is 9.88 Å². The fraction of sp³-hybridized carbons (Fsp3) is 0.500. The average molecular weight is 316 g/mol. The smallest absolute Gasteiger partial charge is 0.222 e. The van der Waals surface area contributed by atoms with Gasteiger partial charge < -0.3 is 19.7 Å². The molecule has 3 atom stereocenters. The van der Waals surface area contributed by atoms with Crippen molar-refractivity contribution < 1.29 is 14.6 Å². The molecule has 0 unspecified atom stereocenters. The number of aryl methyl sites for hydroxylation is 1. The highest BCUT2D eigenvalue weighted by molar-refractivity contribution is 5.84. The summed E-state index contributed by atoms with van der Waals surface area (Å²) in [6, 6.07) is 7.96. The van der Waals surface area contributed by atoms with Crippen LogP contribution in [-0.2, 0) is 16.0 Å². The van der Waals surface area contributed by atoms with Crippen molar-refractivity contribution in [2.45, 2.75) is 43.9 Å². The highest BCUT2D eigenvalue weighted by Gasteiger charge is 2.38. The van der Waals surface area contributed by atoms with E-state index in [4.69, 9.17) is 4.74 Å². The molecule has 0 radical (unpaired) electrons. The second-order valence-electron chi connectivity index (χ2n) is 6.27. The number of likely N-dealkylation sites (N-methyl/N-ethyl adjacent to an activating group) is 1. The lowest BCUT2D eigenvalue weighted by Crippen LogP contribution is -2.44. The number of para-hydroxylation sites is 1. The molecule has 5 heteroatoms. The number of hydrogen-bond acceptors (Lipinski definition) is 3. The summed E-state index contributed by atoms with van der Waals surface area (Å²) in [5, 5.41) is 11.4. The number of nitrogens with zero attached hydrogens (tertiary/aromatic N) is 1. The number of aliphatic hydroxyl groups is 1. The SMILES string of the molecule is CO[C@@H]1CC[C@@H](N(C)C(=O)CCc2c[nH]c3ccccc23)[C@H]1O. The van der Waals surface area contributed by atoms with Gasteiger partial charge in [-0.2, -0.15) is 0 Å². The first-order valence-electron chi connectivity index (χ1n) is 8.13. The number of H-pyrrole nitrogens is 1. The minimum absolute atomic E-state index is 0.0658. The lowest BCUT2D eigenvalue weighted by Gasteiger charge is -2.28. The molecule has 0 bridgehead atoms. The number of rotatable bonds is 5. The molecule has 2 aromatic rings. The first-order valence-corrected chi connectivity index (χ1v) is 8.13. The number of aliphatic hydroxyl groups excluding tert-OH is 1. The molecule has 0 aliphatic heterocycles. The molecule has 1 amide bonds. The standard InChI is InChI=1S/C18H24N2O3/c1-20(15-8-9-16(23-2)18(15)22)17(21)10-7-12-11-19-14-6-4-3-5-13(12)14/h3-6,11,15-16,18-19,22H,7-10H2,1-2H3/t15-,16-,18-/m1/s1. The third-order valence-corrected chi connectivity index (χ3v) is 5.00. The third kappa shape index (κ3) is 3.12. The Morgan fingerprint density at radius 3 is 2.91 bits per heavy atom. The molecular weight excluding hydrogens is 292 g/mol. The largest absolute Gasteiger partial charge is 0.388 e. The van der Waals surface area contributed by atoms with E-state index in [0.717, 1.165) is 23.9 Å². The fourth-order valence-corrected chi connectivity index (χ4v) is 3.55. The van der Waals surface area contributed by atoms with E-state index in [0.29, 0.717) is 12.8 Å². The van der Waals surface area contributed by atoms with Crippen LogP contribution in [0.25, 0.3) is 10.9 Å². The Morgan fingerprint density at radius 1 is 1.39 bits per heavy atom. The van der Waals surface area contributed by atoms with Gasteiger partial charge in [-0.05, 0) is 30.9 Å². The van der Waals surface area contributed by atoms with Crippen LogP contribution in [0.3, 0.4) is 0 Å². The lowest BCUT2D eigenvalue weighted by atomic mass is 10.1. The highest BCUT2D eigenvalue weighted by atomic mass is 16.5. The summed E-state index contributed by atoms with van der Waals surface area (Å²) in [5.41, 5.74) is 2.25. The molecule has 2 N–H and O–H groups in total. The Bertz CT molecular complexity index is 682.